The van der Waals surface area contributed by atoms with Gasteiger partial charge in [-0.25, -0.2) is 0 Å². The SMILES string of the molecule is Cc1ccc2c(c1)C(=O)C2. The smallest absolute Gasteiger partial charge is 0.167 e. The van der Waals surface area contributed by atoms with E-state index in [9.17, 15) is 4.79 Å². The van der Waals surface area contributed by atoms with Crippen molar-refractivity contribution in [3.05, 3.63) is 34.9 Å². The quantitative estimate of drug-likeness (QED) is 0.525. The van der Waals surface area contributed by atoms with Crippen LogP contribution >= 0.6 is 0 Å². The Bertz CT molecular complexity index is 300. The summed E-state index contributed by atoms with van der Waals surface area (Å²) < 4.78 is 0. The van der Waals surface area contributed by atoms with Crippen LogP contribution in [0.1, 0.15) is 21.5 Å². The Hall–Kier alpha value is -1.11. The molecular formula is C9H8O. The third-order valence-corrected chi connectivity index (χ3v) is 1.92. The predicted octanol–water partition coefficient (Wildman–Crippen LogP) is 1.73. The summed E-state index contributed by atoms with van der Waals surface area (Å²) in [6.07, 6.45) is 0.648. The maximum atomic E-state index is 10.9. The van der Waals surface area contributed by atoms with Crippen molar-refractivity contribution in [3.63, 3.8) is 0 Å². The van der Waals surface area contributed by atoms with Crippen LogP contribution in [0.4, 0.5) is 0 Å². The summed E-state index contributed by atoms with van der Waals surface area (Å²) in [4.78, 5) is 10.9. The molecule has 1 aliphatic carbocycles. The number of carbonyl (C=O) groups is 1. The van der Waals surface area contributed by atoms with Gasteiger partial charge in [0.15, 0.2) is 5.78 Å². The first-order valence-electron chi connectivity index (χ1n) is 3.40. The molecule has 0 aromatic heterocycles. The minimum absolute atomic E-state index is 0.290. The number of fused-ring (bicyclic) bond motifs is 1. The van der Waals surface area contributed by atoms with Crippen molar-refractivity contribution >= 4 is 5.78 Å². The zero-order chi connectivity index (χ0) is 7.14. The molecule has 1 aliphatic rings. The highest BCUT2D eigenvalue weighted by Gasteiger charge is 2.21. The average molecular weight is 132 g/mol. The van der Waals surface area contributed by atoms with E-state index in [4.69, 9.17) is 0 Å². The molecule has 2 rings (SSSR count). The molecule has 0 fully saturated rings. The Labute approximate surface area is 59.7 Å². The minimum Gasteiger partial charge on any atom is -0.294 e. The van der Waals surface area contributed by atoms with Gasteiger partial charge < -0.3 is 0 Å². The van der Waals surface area contributed by atoms with Crippen molar-refractivity contribution in [3.8, 4) is 0 Å². The molecule has 0 bridgehead atoms. The van der Waals surface area contributed by atoms with Crippen LogP contribution in [0.3, 0.4) is 0 Å². The van der Waals surface area contributed by atoms with E-state index >= 15 is 0 Å². The summed E-state index contributed by atoms with van der Waals surface area (Å²) in [5, 5.41) is 0. The van der Waals surface area contributed by atoms with Gasteiger partial charge in [-0.05, 0) is 18.6 Å². The highest BCUT2D eigenvalue weighted by molar-refractivity contribution is 6.06. The van der Waals surface area contributed by atoms with Crippen LogP contribution in [-0.4, -0.2) is 5.78 Å². The van der Waals surface area contributed by atoms with E-state index < -0.39 is 0 Å². The fourth-order valence-electron chi connectivity index (χ4n) is 1.27. The lowest BCUT2D eigenvalue weighted by molar-refractivity contribution is 0.0968. The maximum absolute atomic E-state index is 10.9. The second-order valence-electron chi connectivity index (χ2n) is 2.76. The van der Waals surface area contributed by atoms with E-state index in [1.165, 1.54) is 11.1 Å². The third-order valence-electron chi connectivity index (χ3n) is 1.92. The molecule has 1 heteroatoms. The van der Waals surface area contributed by atoms with Crippen molar-refractivity contribution in [1.29, 1.82) is 0 Å². The van der Waals surface area contributed by atoms with E-state index in [0.29, 0.717) is 12.2 Å². The molecule has 1 aromatic rings. The number of aryl methyl sites for hydroxylation is 1. The molecule has 0 atom stereocenters. The molecule has 0 aliphatic heterocycles. The average Bonchev–Trinajstić information content (AvgIpc) is 1.92. The second kappa shape index (κ2) is 1.69. The highest BCUT2D eigenvalue weighted by Crippen LogP contribution is 2.23. The van der Waals surface area contributed by atoms with Gasteiger partial charge in [0.1, 0.15) is 0 Å². The molecule has 10 heavy (non-hydrogen) atoms. The fourth-order valence-corrected chi connectivity index (χ4v) is 1.27. The second-order valence-corrected chi connectivity index (χ2v) is 2.76. The van der Waals surface area contributed by atoms with E-state index in [-0.39, 0.29) is 0 Å². The van der Waals surface area contributed by atoms with Crippen LogP contribution in [0.15, 0.2) is 18.2 Å². The number of Topliss-reactive ketones (excluding diaryl/α,β-unsaturated/α-hetero) is 1. The Morgan fingerprint density at radius 3 is 2.80 bits per heavy atom. The minimum atomic E-state index is 0.290. The van der Waals surface area contributed by atoms with E-state index in [1.54, 1.807) is 0 Å². The van der Waals surface area contributed by atoms with Gasteiger partial charge >= 0.3 is 0 Å². The van der Waals surface area contributed by atoms with Gasteiger partial charge in [0.05, 0.1) is 0 Å². The van der Waals surface area contributed by atoms with Crippen LogP contribution in [0.25, 0.3) is 0 Å². The van der Waals surface area contributed by atoms with Crippen molar-refractivity contribution in [2.75, 3.05) is 0 Å². The Balaban J connectivity index is 2.61. The van der Waals surface area contributed by atoms with E-state index in [2.05, 4.69) is 0 Å². The lowest BCUT2D eigenvalue weighted by atomic mass is 9.86. The summed E-state index contributed by atoms with van der Waals surface area (Å²) in [5.41, 5.74) is 3.31. The van der Waals surface area contributed by atoms with Gasteiger partial charge in [-0.15, -0.1) is 0 Å². The largest absolute Gasteiger partial charge is 0.294 e. The predicted molar refractivity (Wildman–Crippen MR) is 39.2 cm³/mol. The van der Waals surface area contributed by atoms with Crippen LogP contribution in [-0.2, 0) is 6.42 Å². The first-order valence-corrected chi connectivity index (χ1v) is 3.40. The maximum Gasteiger partial charge on any atom is 0.167 e. The molecule has 0 N–H and O–H groups in total. The molecule has 0 saturated carbocycles. The van der Waals surface area contributed by atoms with Crippen molar-refractivity contribution in [2.24, 2.45) is 0 Å². The molecule has 1 nitrogen and oxygen atoms in total. The lowest BCUT2D eigenvalue weighted by Gasteiger charge is -2.16. The molecule has 0 spiro atoms. The Morgan fingerprint density at radius 1 is 1.40 bits per heavy atom. The number of hydrogen-bond acceptors (Lipinski definition) is 1. The first-order chi connectivity index (χ1) is 4.77. The van der Waals surface area contributed by atoms with Crippen molar-refractivity contribution < 1.29 is 4.79 Å². The van der Waals surface area contributed by atoms with Crippen molar-refractivity contribution in [2.45, 2.75) is 13.3 Å². The summed E-state index contributed by atoms with van der Waals surface area (Å²) in [6, 6.07) is 6.04. The van der Waals surface area contributed by atoms with Crippen LogP contribution in [0.2, 0.25) is 0 Å². The van der Waals surface area contributed by atoms with Crippen LogP contribution in [0, 0.1) is 6.92 Å². The topological polar surface area (TPSA) is 17.1 Å². The zero-order valence-electron chi connectivity index (χ0n) is 5.85. The van der Waals surface area contributed by atoms with Gasteiger partial charge in [-0.3, -0.25) is 4.79 Å². The number of hydrogen-bond donors (Lipinski definition) is 0. The van der Waals surface area contributed by atoms with Crippen LogP contribution < -0.4 is 0 Å². The monoisotopic (exact) mass is 132 g/mol. The summed E-state index contributed by atoms with van der Waals surface area (Å²) >= 11 is 0. The van der Waals surface area contributed by atoms with Gasteiger partial charge in [0, 0.05) is 12.0 Å². The first kappa shape index (κ1) is 5.66. The van der Waals surface area contributed by atoms with Crippen LogP contribution in [0.5, 0.6) is 0 Å². The molecule has 50 valence electrons. The number of rotatable bonds is 0. The molecule has 0 radical (unpaired) electrons. The number of carbonyl (C=O) groups excluding carboxylic acids is 1. The molecule has 1 aromatic carbocycles. The molecule has 0 amide bonds. The van der Waals surface area contributed by atoms with E-state index in [0.717, 1.165) is 5.56 Å². The van der Waals surface area contributed by atoms with Gasteiger partial charge in [-0.2, -0.15) is 0 Å². The lowest BCUT2D eigenvalue weighted by Crippen LogP contribution is -2.18. The molecule has 0 unspecified atom stereocenters. The number of ketones is 1. The van der Waals surface area contributed by atoms with Gasteiger partial charge in [0.25, 0.3) is 0 Å². The highest BCUT2D eigenvalue weighted by atomic mass is 16.1. The number of benzene rings is 1. The Kier molecular flexibility index (Phi) is 0.956. The normalized spacial score (nSPS) is 14.3. The summed E-state index contributed by atoms with van der Waals surface area (Å²) in [5.74, 6) is 0.290. The standard InChI is InChI=1S/C9H8O/c1-6-2-3-7-5-9(10)8(7)4-6/h2-4H,5H2,1H3. The Morgan fingerprint density at radius 2 is 2.20 bits per heavy atom. The molecule has 0 heterocycles. The summed E-state index contributed by atoms with van der Waals surface area (Å²) in [7, 11) is 0. The zero-order valence-corrected chi connectivity index (χ0v) is 5.85. The molecular weight excluding hydrogens is 124 g/mol. The van der Waals surface area contributed by atoms with Gasteiger partial charge in [-0.1, -0.05) is 17.7 Å². The molecule has 0 saturated heterocycles. The summed E-state index contributed by atoms with van der Waals surface area (Å²) in [6.45, 7) is 2.01. The fraction of sp³-hybridized carbons (Fsp3) is 0.222. The third kappa shape index (κ3) is 0.604. The van der Waals surface area contributed by atoms with Gasteiger partial charge in [0.2, 0.25) is 0 Å². The van der Waals surface area contributed by atoms with E-state index in [1.807, 2.05) is 25.1 Å². The van der Waals surface area contributed by atoms with Crippen molar-refractivity contribution in [1.82, 2.24) is 0 Å².